The van der Waals surface area contributed by atoms with Crippen molar-refractivity contribution in [2.24, 2.45) is 16.1 Å². The van der Waals surface area contributed by atoms with Crippen molar-refractivity contribution in [2.45, 2.75) is 52.7 Å². The molecule has 1 heterocycles. The molecule has 33 heavy (non-hydrogen) atoms. The van der Waals surface area contributed by atoms with Crippen LogP contribution in [0.3, 0.4) is 0 Å². The number of carbonyl (C=O) groups excluding carboxylic acids is 1. The third kappa shape index (κ3) is 6.19. The number of H-pyrrole nitrogens is 1. The van der Waals surface area contributed by atoms with Crippen LogP contribution in [0.25, 0.3) is 0 Å². The number of hydrogen-bond donors (Lipinski definition) is 1. The highest BCUT2D eigenvalue weighted by Crippen LogP contribution is 2.22. The molecule has 0 spiro atoms. The molecule has 1 unspecified atom stereocenters. The Morgan fingerprint density at radius 3 is 2.70 bits per heavy atom. The van der Waals surface area contributed by atoms with Crippen molar-refractivity contribution in [3.63, 3.8) is 0 Å². The van der Waals surface area contributed by atoms with E-state index in [2.05, 4.69) is 15.2 Å². The molecule has 0 fully saturated rings. The minimum absolute atomic E-state index is 0.0519. The van der Waals surface area contributed by atoms with Crippen LogP contribution in [0.2, 0.25) is 0 Å². The molecule has 3 rings (SSSR count). The number of nitrogens with one attached hydrogen (secondary N) is 1. The predicted octanol–water partition coefficient (Wildman–Crippen LogP) is 4.34. The van der Waals surface area contributed by atoms with Crippen molar-refractivity contribution in [3.05, 3.63) is 73.3 Å². The number of hydrogen-bond acceptors (Lipinski definition) is 7. The van der Waals surface area contributed by atoms with Crippen LogP contribution < -0.4 is 11.2 Å². The Kier molecular flexibility index (Phi) is 8.21. The van der Waals surface area contributed by atoms with E-state index in [1.54, 1.807) is 19.1 Å². The zero-order valence-electron chi connectivity index (χ0n) is 18.8. The fourth-order valence-electron chi connectivity index (χ4n) is 3.53. The summed E-state index contributed by atoms with van der Waals surface area (Å²) in [5.41, 5.74) is -0.308. The molecule has 0 aliphatic heterocycles. The Balaban J connectivity index is 2.10. The minimum Gasteiger partial charge on any atom is -0.495 e. The summed E-state index contributed by atoms with van der Waals surface area (Å²) in [5, 5.41) is 3.49. The van der Waals surface area contributed by atoms with E-state index in [-0.39, 0.29) is 30.8 Å². The van der Waals surface area contributed by atoms with Gasteiger partial charge in [0, 0.05) is 23.7 Å². The van der Waals surface area contributed by atoms with Crippen LogP contribution in [0, 0.1) is 10.8 Å². The SMILES string of the molecule is CCOC(=O)c1c(N=O)[nH]/c(=N\C2=CC=C(OC(C)C)CC2)n(CC2C=CC(Cl)=CC2)c1=O. The van der Waals surface area contributed by atoms with Gasteiger partial charge in [-0.2, -0.15) is 0 Å². The zero-order valence-corrected chi connectivity index (χ0v) is 19.6. The number of allylic oxidation sites excluding steroid dienone is 8. The Morgan fingerprint density at radius 1 is 1.33 bits per heavy atom. The first-order valence-electron chi connectivity index (χ1n) is 10.8. The van der Waals surface area contributed by atoms with Crippen molar-refractivity contribution in [1.29, 1.82) is 0 Å². The topological polar surface area (TPSA) is 115 Å². The van der Waals surface area contributed by atoms with Gasteiger partial charge in [-0.25, -0.2) is 9.79 Å². The van der Waals surface area contributed by atoms with Crippen LogP contribution in [0.1, 0.15) is 50.4 Å². The number of nitroso groups, excluding NO2 is 1. The smallest absolute Gasteiger partial charge is 0.347 e. The Hall–Kier alpha value is -3.20. The third-order valence-corrected chi connectivity index (χ3v) is 5.32. The highest BCUT2D eigenvalue weighted by Gasteiger charge is 2.24. The molecule has 0 saturated carbocycles. The van der Waals surface area contributed by atoms with Crippen molar-refractivity contribution >= 4 is 23.4 Å². The second-order valence-corrected chi connectivity index (χ2v) is 8.35. The van der Waals surface area contributed by atoms with Gasteiger partial charge in [0.2, 0.25) is 5.62 Å². The summed E-state index contributed by atoms with van der Waals surface area (Å²) in [6.07, 6.45) is 11.1. The van der Waals surface area contributed by atoms with Crippen LogP contribution in [0.4, 0.5) is 5.82 Å². The Morgan fingerprint density at radius 2 is 2.12 bits per heavy atom. The molecule has 0 saturated heterocycles. The predicted molar refractivity (Wildman–Crippen MR) is 125 cm³/mol. The van der Waals surface area contributed by atoms with Gasteiger partial charge in [0.25, 0.3) is 5.56 Å². The van der Waals surface area contributed by atoms with Gasteiger partial charge in [-0.15, -0.1) is 4.91 Å². The Bertz CT molecular complexity index is 1170. The number of aromatic nitrogens is 2. The van der Waals surface area contributed by atoms with Crippen LogP contribution in [-0.2, 0) is 16.0 Å². The van der Waals surface area contributed by atoms with Gasteiger partial charge in [0.15, 0.2) is 11.4 Å². The summed E-state index contributed by atoms with van der Waals surface area (Å²) in [4.78, 5) is 44.5. The van der Waals surface area contributed by atoms with Crippen molar-refractivity contribution in [1.82, 2.24) is 9.55 Å². The molecule has 2 aliphatic rings. The highest BCUT2D eigenvalue weighted by atomic mass is 35.5. The number of halogens is 1. The Labute approximate surface area is 196 Å². The first-order chi connectivity index (χ1) is 15.8. The summed E-state index contributed by atoms with van der Waals surface area (Å²) in [7, 11) is 0. The van der Waals surface area contributed by atoms with E-state index in [9.17, 15) is 14.5 Å². The van der Waals surface area contributed by atoms with Crippen LogP contribution in [0.15, 0.2) is 61.8 Å². The summed E-state index contributed by atoms with van der Waals surface area (Å²) in [6.45, 7) is 5.80. The molecule has 1 atom stereocenters. The number of nitrogens with zero attached hydrogens (tertiary/aromatic N) is 3. The van der Waals surface area contributed by atoms with Gasteiger partial charge in [0.1, 0.15) is 0 Å². The van der Waals surface area contributed by atoms with Gasteiger partial charge in [0.05, 0.1) is 18.5 Å². The van der Waals surface area contributed by atoms with Gasteiger partial charge >= 0.3 is 5.97 Å². The third-order valence-electron chi connectivity index (χ3n) is 5.04. The molecular formula is C23H27ClN4O5. The number of carbonyl (C=O) groups is 1. The molecule has 1 aromatic heterocycles. The van der Waals surface area contributed by atoms with Gasteiger partial charge < -0.3 is 14.5 Å². The maximum atomic E-state index is 13.3. The van der Waals surface area contributed by atoms with Crippen LogP contribution in [-0.4, -0.2) is 28.2 Å². The van der Waals surface area contributed by atoms with E-state index in [1.807, 2.05) is 32.1 Å². The van der Waals surface area contributed by atoms with E-state index in [4.69, 9.17) is 21.1 Å². The lowest BCUT2D eigenvalue weighted by Crippen LogP contribution is -2.41. The average Bonchev–Trinajstić information content (AvgIpc) is 2.78. The van der Waals surface area contributed by atoms with E-state index >= 15 is 0 Å². The van der Waals surface area contributed by atoms with E-state index in [0.717, 1.165) is 5.76 Å². The molecule has 1 aromatic rings. The normalized spacial score (nSPS) is 18.5. The molecule has 0 amide bonds. The fraction of sp³-hybridized carbons (Fsp3) is 0.435. The second-order valence-electron chi connectivity index (χ2n) is 7.91. The molecule has 1 N–H and O–H groups in total. The lowest BCUT2D eigenvalue weighted by molar-refractivity contribution is 0.0523. The van der Waals surface area contributed by atoms with E-state index in [0.29, 0.717) is 30.0 Å². The van der Waals surface area contributed by atoms with Crippen LogP contribution >= 0.6 is 11.6 Å². The molecule has 10 heteroatoms. The molecule has 9 nitrogen and oxygen atoms in total. The van der Waals surface area contributed by atoms with Gasteiger partial charge in [-0.3, -0.25) is 9.36 Å². The number of ether oxygens (including phenoxy) is 2. The molecule has 0 bridgehead atoms. The summed E-state index contributed by atoms with van der Waals surface area (Å²) in [6, 6.07) is 0. The second kappa shape index (κ2) is 11.1. The lowest BCUT2D eigenvalue weighted by atomic mass is 10.0. The largest absolute Gasteiger partial charge is 0.495 e. The summed E-state index contributed by atoms with van der Waals surface area (Å²) >= 11 is 6.01. The fourth-order valence-corrected chi connectivity index (χ4v) is 3.69. The number of rotatable bonds is 8. The standard InChI is InChI=1S/C23H27ClN4O5/c1-4-32-22(30)19-20(27-31)26-23(25-17-9-11-18(12-10-17)33-14(2)3)28(21(19)29)13-15-5-7-16(24)8-6-15/h5,7-9,11,14-15H,4,6,10,12-13H2,1-3H3,(H,25,26). The van der Waals surface area contributed by atoms with Crippen molar-refractivity contribution in [2.75, 3.05) is 6.61 Å². The number of aromatic amines is 1. The summed E-state index contributed by atoms with van der Waals surface area (Å²) in [5.74, 6) is -0.518. The lowest BCUT2D eigenvalue weighted by Gasteiger charge is -2.18. The first-order valence-corrected chi connectivity index (χ1v) is 11.2. The minimum atomic E-state index is -0.911. The maximum Gasteiger partial charge on any atom is 0.347 e. The molecule has 2 aliphatic carbocycles. The van der Waals surface area contributed by atoms with Crippen molar-refractivity contribution < 1.29 is 14.3 Å². The van der Waals surface area contributed by atoms with Gasteiger partial charge in [-0.05, 0) is 62.9 Å². The van der Waals surface area contributed by atoms with Gasteiger partial charge in [-0.1, -0.05) is 23.8 Å². The zero-order chi connectivity index (χ0) is 24.0. The molecule has 0 aromatic carbocycles. The maximum absolute atomic E-state index is 13.3. The average molecular weight is 475 g/mol. The van der Waals surface area contributed by atoms with E-state index in [1.165, 1.54) is 4.57 Å². The monoisotopic (exact) mass is 474 g/mol. The first kappa shape index (κ1) is 24.4. The quantitative estimate of drug-likeness (QED) is 0.444. The summed E-state index contributed by atoms with van der Waals surface area (Å²) < 4.78 is 12.0. The molecular weight excluding hydrogens is 448 g/mol. The highest BCUT2D eigenvalue weighted by molar-refractivity contribution is 6.31. The number of esters is 1. The van der Waals surface area contributed by atoms with Crippen LogP contribution in [0.5, 0.6) is 0 Å². The molecule has 176 valence electrons. The molecule has 0 radical (unpaired) electrons. The van der Waals surface area contributed by atoms with Crippen molar-refractivity contribution in [3.8, 4) is 0 Å². The van der Waals surface area contributed by atoms with E-state index < -0.39 is 22.9 Å².